The molecule has 0 amide bonds. The molecule has 2 aromatic rings. The van der Waals surface area contributed by atoms with Crippen molar-refractivity contribution in [1.82, 2.24) is 5.32 Å². The highest BCUT2D eigenvalue weighted by molar-refractivity contribution is 7.90. The second kappa shape index (κ2) is 5.81. The Morgan fingerprint density at radius 3 is 2.40 bits per heavy atom. The summed E-state index contributed by atoms with van der Waals surface area (Å²) in [4.78, 5) is 0.340. The second-order valence-corrected chi connectivity index (χ2v) is 6.89. The van der Waals surface area contributed by atoms with Gasteiger partial charge in [-0.05, 0) is 56.3 Å². The molecule has 108 valence electrons. The molecule has 0 fully saturated rings. The molecule has 0 aliphatic heterocycles. The number of hydrogen-bond acceptors (Lipinski definition) is 4. The minimum atomic E-state index is -3.37. The topological polar surface area (TPSA) is 59.3 Å². The van der Waals surface area contributed by atoms with E-state index >= 15 is 0 Å². The first kappa shape index (κ1) is 14.8. The van der Waals surface area contributed by atoms with Gasteiger partial charge in [-0.15, -0.1) is 0 Å². The first-order valence-electron chi connectivity index (χ1n) is 6.44. The van der Waals surface area contributed by atoms with Gasteiger partial charge in [0.05, 0.1) is 11.4 Å². The van der Waals surface area contributed by atoms with Crippen LogP contribution in [0.4, 0.5) is 0 Å². The number of hydrogen-bond donors (Lipinski definition) is 1. The molecule has 0 saturated heterocycles. The molecule has 1 aromatic carbocycles. The van der Waals surface area contributed by atoms with Crippen molar-refractivity contribution in [2.75, 3.05) is 7.05 Å². The standard InChI is InChI=1S/C15H19NO3S/c1-11-4-7-15(8-12(11)2)20(17,18)10-14-6-5-13(19-14)9-16-3/h4-8,16H,9-10H2,1-3H3. The monoisotopic (exact) mass is 293 g/mol. The van der Waals surface area contributed by atoms with Gasteiger partial charge in [0.2, 0.25) is 0 Å². The van der Waals surface area contributed by atoms with Crippen LogP contribution in [0.5, 0.6) is 0 Å². The third-order valence-electron chi connectivity index (χ3n) is 3.24. The van der Waals surface area contributed by atoms with Crippen molar-refractivity contribution in [1.29, 1.82) is 0 Å². The molecule has 1 heterocycles. The van der Waals surface area contributed by atoms with Gasteiger partial charge in [-0.3, -0.25) is 0 Å². The summed E-state index contributed by atoms with van der Waals surface area (Å²) >= 11 is 0. The van der Waals surface area contributed by atoms with Crippen LogP contribution in [-0.2, 0) is 22.1 Å². The van der Waals surface area contributed by atoms with Crippen LogP contribution in [0.1, 0.15) is 22.6 Å². The maximum Gasteiger partial charge on any atom is 0.185 e. The molecule has 5 heteroatoms. The molecule has 1 aromatic heterocycles. The van der Waals surface area contributed by atoms with Crippen LogP contribution in [0.3, 0.4) is 0 Å². The number of furan rings is 1. The normalized spacial score (nSPS) is 11.8. The van der Waals surface area contributed by atoms with Gasteiger partial charge in [-0.25, -0.2) is 8.42 Å². The van der Waals surface area contributed by atoms with E-state index in [9.17, 15) is 8.42 Å². The SMILES string of the molecule is CNCc1ccc(CS(=O)(=O)c2ccc(C)c(C)c2)o1. The van der Waals surface area contributed by atoms with Crippen molar-refractivity contribution >= 4 is 9.84 Å². The summed E-state index contributed by atoms with van der Waals surface area (Å²) in [6.07, 6.45) is 0. The minimum Gasteiger partial charge on any atom is -0.464 e. The van der Waals surface area contributed by atoms with Gasteiger partial charge >= 0.3 is 0 Å². The van der Waals surface area contributed by atoms with Crippen molar-refractivity contribution in [3.05, 3.63) is 53.0 Å². The van der Waals surface area contributed by atoms with E-state index in [0.29, 0.717) is 17.2 Å². The van der Waals surface area contributed by atoms with Crippen LogP contribution in [0, 0.1) is 13.8 Å². The van der Waals surface area contributed by atoms with Crippen LogP contribution in [0.2, 0.25) is 0 Å². The molecule has 0 unspecified atom stereocenters. The zero-order chi connectivity index (χ0) is 14.8. The summed E-state index contributed by atoms with van der Waals surface area (Å²) in [6.45, 7) is 4.46. The first-order valence-corrected chi connectivity index (χ1v) is 8.10. The molecule has 4 nitrogen and oxygen atoms in total. The Balaban J connectivity index is 2.23. The Labute approximate surface area is 119 Å². The fourth-order valence-corrected chi connectivity index (χ4v) is 3.28. The third kappa shape index (κ3) is 3.29. The average molecular weight is 293 g/mol. The van der Waals surface area contributed by atoms with E-state index in [1.54, 1.807) is 24.3 Å². The molecule has 20 heavy (non-hydrogen) atoms. The number of benzene rings is 1. The van der Waals surface area contributed by atoms with E-state index in [-0.39, 0.29) is 5.75 Å². The lowest BCUT2D eigenvalue weighted by Gasteiger charge is -2.06. The van der Waals surface area contributed by atoms with E-state index in [4.69, 9.17) is 4.42 Å². The number of aryl methyl sites for hydroxylation is 2. The predicted molar refractivity (Wildman–Crippen MR) is 78.3 cm³/mol. The van der Waals surface area contributed by atoms with Crippen molar-refractivity contribution in [3.63, 3.8) is 0 Å². The number of rotatable bonds is 5. The smallest absolute Gasteiger partial charge is 0.185 e. The highest BCUT2D eigenvalue weighted by Gasteiger charge is 2.18. The summed E-state index contributed by atoms with van der Waals surface area (Å²) in [6, 6.07) is 8.70. The van der Waals surface area contributed by atoms with Gasteiger partial charge in [-0.1, -0.05) is 6.07 Å². The summed E-state index contributed by atoms with van der Waals surface area (Å²) in [5.74, 6) is 1.09. The summed E-state index contributed by atoms with van der Waals surface area (Å²) in [5, 5.41) is 2.96. The Morgan fingerprint density at radius 2 is 1.75 bits per heavy atom. The van der Waals surface area contributed by atoms with E-state index in [0.717, 1.165) is 16.9 Å². The fraction of sp³-hybridized carbons (Fsp3) is 0.333. The summed E-state index contributed by atoms with van der Waals surface area (Å²) in [5.41, 5.74) is 2.06. The molecular weight excluding hydrogens is 274 g/mol. The Kier molecular flexibility index (Phi) is 4.30. The van der Waals surface area contributed by atoms with Crippen molar-refractivity contribution in [2.45, 2.75) is 31.0 Å². The average Bonchev–Trinajstić information content (AvgIpc) is 2.79. The molecule has 0 bridgehead atoms. The Bertz CT molecular complexity index is 702. The largest absolute Gasteiger partial charge is 0.464 e. The second-order valence-electron chi connectivity index (χ2n) is 4.90. The fourth-order valence-electron chi connectivity index (χ4n) is 1.95. The lowest BCUT2D eigenvalue weighted by atomic mass is 10.1. The van der Waals surface area contributed by atoms with Gasteiger partial charge in [0.1, 0.15) is 17.3 Å². The maximum absolute atomic E-state index is 12.4. The van der Waals surface area contributed by atoms with Gasteiger partial charge in [-0.2, -0.15) is 0 Å². The Hall–Kier alpha value is -1.59. The van der Waals surface area contributed by atoms with E-state index in [1.165, 1.54) is 0 Å². The molecule has 0 saturated carbocycles. The molecule has 0 atom stereocenters. The van der Waals surface area contributed by atoms with Crippen LogP contribution >= 0.6 is 0 Å². The molecule has 0 spiro atoms. The molecule has 2 rings (SSSR count). The van der Waals surface area contributed by atoms with Gasteiger partial charge < -0.3 is 9.73 Å². The zero-order valence-electron chi connectivity index (χ0n) is 11.9. The maximum atomic E-state index is 12.4. The van der Waals surface area contributed by atoms with Gasteiger partial charge in [0, 0.05) is 0 Å². The van der Waals surface area contributed by atoms with Crippen molar-refractivity contribution < 1.29 is 12.8 Å². The zero-order valence-corrected chi connectivity index (χ0v) is 12.8. The predicted octanol–water partition coefficient (Wildman–Crippen LogP) is 2.59. The van der Waals surface area contributed by atoms with E-state index < -0.39 is 9.84 Å². The molecule has 1 N–H and O–H groups in total. The lowest BCUT2D eigenvalue weighted by Crippen LogP contribution is -2.05. The Morgan fingerprint density at radius 1 is 1.05 bits per heavy atom. The summed E-state index contributed by atoms with van der Waals surface area (Å²) in [7, 11) is -1.55. The van der Waals surface area contributed by atoms with Crippen LogP contribution < -0.4 is 5.32 Å². The van der Waals surface area contributed by atoms with E-state index in [2.05, 4.69) is 5.32 Å². The molecule has 0 radical (unpaired) electrons. The van der Waals surface area contributed by atoms with Crippen molar-refractivity contribution in [3.8, 4) is 0 Å². The first-order chi connectivity index (χ1) is 9.42. The third-order valence-corrected chi connectivity index (χ3v) is 4.87. The van der Waals surface area contributed by atoms with E-state index in [1.807, 2.05) is 27.0 Å². The van der Waals surface area contributed by atoms with Gasteiger partial charge in [0.15, 0.2) is 9.84 Å². The number of nitrogens with one attached hydrogen (secondary N) is 1. The molecule has 0 aliphatic carbocycles. The van der Waals surface area contributed by atoms with Gasteiger partial charge in [0.25, 0.3) is 0 Å². The van der Waals surface area contributed by atoms with Crippen LogP contribution in [0.15, 0.2) is 39.6 Å². The minimum absolute atomic E-state index is 0.112. The lowest BCUT2D eigenvalue weighted by molar-refractivity contribution is 0.465. The highest BCUT2D eigenvalue weighted by Crippen LogP contribution is 2.20. The van der Waals surface area contributed by atoms with Crippen LogP contribution in [0.25, 0.3) is 0 Å². The highest BCUT2D eigenvalue weighted by atomic mass is 32.2. The molecule has 0 aliphatic rings. The number of sulfone groups is 1. The van der Waals surface area contributed by atoms with Crippen LogP contribution in [-0.4, -0.2) is 15.5 Å². The molecular formula is C15H19NO3S. The van der Waals surface area contributed by atoms with Crippen molar-refractivity contribution in [2.24, 2.45) is 0 Å². The summed E-state index contributed by atoms with van der Waals surface area (Å²) < 4.78 is 30.2. The quantitative estimate of drug-likeness (QED) is 0.920.